The van der Waals surface area contributed by atoms with Gasteiger partial charge in [-0.3, -0.25) is 0 Å². The van der Waals surface area contributed by atoms with Crippen LogP contribution in [-0.4, -0.2) is 23.3 Å². The average Bonchev–Trinajstić information content (AvgIpc) is 2.43. The maximum Gasteiger partial charge on any atom is 3.00 e. The fourth-order valence-electron chi connectivity index (χ4n) is 2.64. The Morgan fingerprint density at radius 2 is 0.913 bits per heavy atom. The van der Waals surface area contributed by atoms with Crippen LogP contribution in [0.5, 0.6) is 0 Å². The van der Waals surface area contributed by atoms with Crippen molar-refractivity contribution in [2.24, 2.45) is 0 Å². The van der Waals surface area contributed by atoms with E-state index in [1.54, 1.807) is 0 Å². The molecule has 0 rings (SSSR count). The van der Waals surface area contributed by atoms with Crippen LogP contribution in [-0.2, 0) is 29.7 Å². The minimum absolute atomic E-state index is 0. The third-order valence-electron chi connectivity index (χ3n) is 3.98. The van der Waals surface area contributed by atoms with Gasteiger partial charge in [0.15, 0.2) is 0 Å². The van der Waals surface area contributed by atoms with Crippen molar-refractivity contribution >= 4 is 23.3 Å². The quantitative estimate of drug-likeness (QED) is 0.287. The first kappa shape index (κ1) is 31.4. The molecule has 0 spiro atoms. The van der Waals surface area contributed by atoms with Gasteiger partial charge in [0.25, 0.3) is 0 Å². The van der Waals surface area contributed by atoms with E-state index in [4.69, 9.17) is 0 Å². The van der Waals surface area contributed by atoms with Crippen molar-refractivity contribution in [3.8, 4) is 0 Å². The van der Waals surface area contributed by atoms with Crippen LogP contribution in [0.3, 0.4) is 0 Å². The molecule has 0 aromatic carbocycles. The topological polar surface area (TPSA) is 68.6 Å². The fourth-order valence-corrected chi connectivity index (χ4v) is 2.64. The maximum absolute atomic E-state index is 10.2. The van der Waals surface area contributed by atoms with Crippen molar-refractivity contribution < 1.29 is 34.9 Å². The molecule has 0 amide bonds. The van der Waals surface area contributed by atoms with Gasteiger partial charge >= 0.3 is 36.8 Å². The molecule has 0 atom stereocenters. The van der Waals surface area contributed by atoms with E-state index in [2.05, 4.69) is 6.92 Å². The SMILES string of the molecule is CCCCCCCCCCCCCCCCCC(=O)[O-].[Al+3].[O-2].[Zn+2]. The first-order valence-electron chi connectivity index (χ1n) is 8.97. The first-order valence-corrected chi connectivity index (χ1v) is 8.97. The summed E-state index contributed by atoms with van der Waals surface area (Å²) >= 11 is 0. The Morgan fingerprint density at radius 1 is 0.652 bits per heavy atom. The molecule has 3 nitrogen and oxygen atoms in total. The number of carbonyl (C=O) groups excluding carboxylic acids is 1. The van der Waals surface area contributed by atoms with Crippen molar-refractivity contribution in [3.05, 3.63) is 0 Å². The van der Waals surface area contributed by atoms with Gasteiger partial charge in [-0.2, -0.15) is 0 Å². The molecule has 0 N–H and O–H groups in total. The number of aliphatic carboxylic acids is 1. The van der Waals surface area contributed by atoms with E-state index in [-0.39, 0.29) is 48.7 Å². The summed E-state index contributed by atoms with van der Waals surface area (Å²) in [5, 5.41) is 10.2. The fraction of sp³-hybridized carbons (Fsp3) is 0.944. The standard InChI is InChI=1S/C18H36O2.Al.O.Zn/c1-2-3-4-5-6-7-8-9-10-11-12-13-14-15-16-17-18(19)20;;;/h2-17H2,1H3,(H,19,20);;;/q;+3;-2;+2/p-1. The first-order chi connectivity index (χ1) is 9.77. The molecular formula is C18H35AlO3Zn+2. The molecule has 5 heteroatoms. The van der Waals surface area contributed by atoms with Crippen LogP contribution in [0.15, 0.2) is 0 Å². The molecule has 0 aliphatic rings. The van der Waals surface area contributed by atoms with E-state index in [1.165, 1.54) is 83.5 Å². The van der Waals surface area contributed by atoms with E-state index < -0.39 is 5.97 Å². The number of rotatable bonds is 16. The number of carbonyl (C=O) groups is 1. The predicted octanol–water partition coefficient (Wildman–Crippen LogP) is 4.50. The summed E-state index contributed by atoms with van der Waals surface area (Å²) in [5.74, 6) is -0.903. The van der Waals surface area contributed by atoms with E-state index in [0.717, 1.165) is 12.8 Å². The molecule has 0 saturated carbocycles. The van der Waals surface area contributed by atoms with Crippen LogP contribution in [0.2, 0.25) is 0 Å². The van der Waals surface area contributed by atoms with Gasteiger partial charge in [0.2, 0.25) is 0 Å². The largest absolute Gasteiger partial charge is 3.00 e. The molecule has 0 aromatic heterocycles. The Kier molecular flexibility index (Phi) is 37.4. The van der Waals surface area contributed by atoms with Crippen LogP contribution in [0.4, 0.5) is 0 Å². The minimum atomic E-state index is -0.903. The second kappa shape index (κ2) is 27.4. The number of carboxylic acids is 1. The monoisotopic (exact) mass is 390 g/mol. The van der Waals surface area contributed by atoms with Crippen molar-refractivity contribution in [2.75, 3.05) is 0 Å². The van der Waals surface area contributed by atoms with Gasteiger partial charge < -0.3 is 15.4 Å². The van der Waals surface area contributed by atoms with Gasteiger partial charge in [0.1, 0.15) is 0 Å². The molecule has 128 valence electrons. The molecule has 0 unspecified atom stereocenters. The van der Waals surface area contributed by atoms with Gasteiger partial charge in [-0.25, -0.2) is 0 Å². The van der Waals surface area contributed by atoms with E-state index >= 15 is 0 Å². The van der Waals surface area contributed by atoms with Gasteiger partial charge in [0.05, 0.1) is 0 Å². The smallest absolute Gasteiger partial charge is 2.00 e. The summed E-state index contributed by atoms with van der Waals surface area (Å²) in [5.41, 5.74) is 0. The van der Waals surface area contributed by atoms with E-state index in [0.29, 0.717) is 0 Å². The van der Waals surface area contributed by atoms with E-state index in [9.17, 15) is 9.90 Å². The molecule has 0 saturated heterocycles. The molecule has 0 fully saturated rings. The van der Waals surface area contributed by atoms with Crippen molar-refractivity contribution in [1.82, 2.24) is 0 Å². The van der Waals surface area contributed by atoms with Gasteiger partial charge in [0, 0.05) is 5.97 Å². The van der Waals surface area contributed by atoms with E-state index in [1.807, 2.05) is 0 Å². The summed E-state index contributed by atoms with van der Waals surface area (Å²) in [4.78, 5) is 10.2. The second-order valence-corrected chi connectivity index (χ2v) is 6.07. The molecule has 0 heterocycles. The molecule has 0 aromatic rings. The summed E-state index contributed by atoms with van der Waals surface area (Å²) in [7, 11) is 0. The van der Waals surface area contributed by atoms with Gasteiger partial charge in [-0.1, -0.05) is 96.8 Å². The molecule has 0 aliphatic carbocycles. The Balaban J connectivity index is -0.000000602. The Hall–Kier alpha value is 0.586. The number of hydrogen-bond donors (Lipinski definition) is 0. The van der Waals surface area contributed by atoms with Crippen molar-refractivity contribution in [1.29, 1.82) is 0 Å². The number of unbranched alkanes of at least 4 members (excludes halogenated alkanes) is 14. The third kappa shape index (κ3) is 30.9. The maximum atomic E-state index is 10.2. The van der Waals surface area contributed by atoms with Crippen LogP contribution < -0.4 is 5.11 Å². The number of carboxylic acid groups (broad SMARTS) is 1. The third-order valence-corrected chi connectivity index (χ3v) is 3.98. The molecular weight excluding hydrogens is 357 g/mol. The van der Waals surface area contributed by atoms with Crippen molar-refractivity contribution in [3.63, 3.8) is 0 Å². The van der Waals surface area contributed by atoms with Crippen LogP contribution in [0, 0.1) is 0 Å². The Labute approximate surface area is 167 Å². The zero-order chi connectivity index (χ0) is 14.9. The molecule has 23 heavy (non-hydrogen) atoms. The second-order valence-electron chi connectivity index (χ2n) is 6.07. The summed E-state index contributed by atoms with van der Waals surface area (Å²) in [6.45, 7) is 2.27. The Bertz CT molecular complexity index is 216. The zero-order valence-electron chi connectivity index (χ0n) is 15.3. The molecule has 0 bridgehead atoms. The predicted molar refractivity (Wildman–Crippen MR) is 91.0 cm³/mol. The van der Waals surface area contributed by atoms with Crippen LogP contribution >= 0.6 is 0 Å². The van der Waals surface area contributed by atoms with Crippen molar-refractivity contribution in [2.45, 2.75) is 110 Å². The van der Waals surface area contributed by atoms with Gasteiger partial charge in [-0.15, -0.1) is 0 Å². The minimum Gasteiger partial charge on any atom is -2.00 e. The normalized spacial score (nSPS) is 9.43. The van der Waals surface area contributed by atoms with Crippen LogP contribution in [0.25, 0.3) is 0 Å². The zero-order valence-corrected chi connectivity index (χ0v) is 19.4. The summed E-state index contributed by atoms with van der Waals surface area (Å²) in [6.07, 6.45) is 19.9. The summed E-state index contributed by atoms with van der Waals surface area (Å²) < 4.78 is 0. The van der Waals surface area contributed by atoms with Gasteiger partial charge in [-0.05, 0) is 12.8 Å². The summed E-state index contributed by atoms with van der Waals surface area (Å²) in [6, 6.07) is 0. The molecule has 0 radical (unpaired) electrons. The van der Waals surface area contributed by atoms with Crippen LogP contribution in [0.1, 0.15) is 110 Å². The average molecular weight is 392 g/mol. The number of hydrogen-bond acceptors (Lipinski definition) is 2. The Morgan fingerprint density at radius 3 is 1.17 bits per heavy atom. The molecule has 0 aliphatic heterocycles.